The maximum absolute atomic E-state index is 9.27. The van der Waals surface area contributed by atoms with Gasteiger partial charge in [-0.05, 0) is 13.0 Å². The fraction of sp³-hybridized carbons (Fsp3) is 0.538. The largest absolute Gasteiger partial charge is 0.394 e. The maximum atomic E-state index is 9.27. The van der Waals surface area contributed by atoms with Gasteiger partial charge in [-0.2, -0.15) is 0 Å². The van der Waals surface area contributed by atoms with E-state index in [1.165, 1.54) is 0 Å². The summed E-state index contributed by atoms with van der Waals surface area (Å²) in [5.41, 5.74) is 1.96. The third kappa shape index (κ3) is 2.06. The van der Waals surface area contributed by atoms with E-state index in [1.807, 2.05) is 17.7 Å². The third-order valence-electron chi connectivity index (χ3n) is 3.60. The predicted octanol–water partition coefficient (Wildman–Crippen LogP) is 0.554. The van der Waals surface area contributed by atoms with E-state index in [9.17, 15) is 5.11 Å². The maximum Gasteiger partial charge on any atom is 0.157 e. The Hall–Kier alpha value is -1.66. The highest BCUT2D eigenvalue weighted by atomic mass is 16.5. The number of hydrogen-bond donors (Lipinski definition) is 1. The Morgan fingerprint density at radius 3 is 3.11 bits per heavy atom. The van der Waals surface area contributed by atoms with E-state index >= 15 is 0 Å². The lowest BCUT2D eigenvalue weighted by Crippen LogP contribution is -2.50. The highest BCUT2D eigenvalue weighted by molar-refractivity contribution is 5.86. The van der Waals surface area contributed by atoms with Gasteiger partial charge in [-0.15, -0.1) is 0 Å². The molecule has 0 saturated carbocycles. The predicted molar refractivity (Wildman–Crippen MR) is 72.1 cm³/mol. The van der Waals surface area contributed by atoms with Crippen molar-refractivity contribution in [2.75, 3.05) is 24.7 Å². The van der Waals surface area contributed by atoms with Crippen molar-refractivity contribution in [1.82, 2.24) is 14.5 Å². The molecule has 1 aliphatic heterocycles. The van der Waals surface area contributed by atoms with Gasteiger partial charge in [0, 0.05) is 19.8 Å². The fourth-order valence-electron chi connectivity index (χ4n) is 2.48. The fourth-order valence-corrected chi connectivity index (χ4v) is 2.48. The first-order chi connectivity index (χ1) is 9.20. The number of imidazole rings is 1. The Bertz CT molecular complexity index is 583. The van der Waals surface area contributed by atoms with Crippen LogP contribution >= 0.6 is 0 Å². The molecule has 0 spiro atoms. The van der Waals surface area contributed by atoms with Gasteiger partial charge in [0.05, 0.1) is 37.2 Å². The number of aliphatic hydroxyl groups excluding tert-OH is 1. The average molecular weight is 262 g/mol. The number of anilines is 1. The molecular weight excluding hydrogens is 244 g/mol. The molecule has 2 unspecified atom stereocenters. The molecule has 0 bridgehead atoms. The molecule has 0 radical (unpaired) electrons. The van der Waals surface area contributed by atoms with Crippen LogP contribution in [-0.4, -0.2) is 51.5 Å². The summed E-state index contributed by atoms with van der Waals surface area (Å²) in [6, 6.07) is 2.18. The first-order valence-electron chi connectivity index (χ1n) is 6.46. The van der Waals surface area contributed by atoms with Gasteiger partial charge in [0.2, 0.25) is 0 Å². The lowest BCUT2D eigenvalue weighted by Gasteiger charge is -2.38. The molecule has 19 heavy (non-hydrogen) atoms. The van der Waals surface area contributed by atoms with E-state index in [-0.39, 0.29) is 18.8 Å². The number of ether oxygens (including phenoxy) is 1. The second kappa shape index (κ2) is 4.79. The van der Waals surface area contributed by atoms with Crippen LogP contribution in [0, 0.1) is 0 Å². The molecule has 2 aromatic rings. The Kier molecular flexibility index (Phi) is 3.12. The number of aliphatic hydroxyl groups is 1. The molecule has 6 heteroatoms. The van der Waals surface area contributed by atoms with Crippen molar-refractivity contribution in [2.45, 2.75) is 19.1 Å². The lowest BCUT2D eigenvalue weighted by atomic mass is 10.2. The van der Waals surface area contributed by atoms with Crippen molar-refractivity contribution in [3.8, 4) is 0 Å². The number of fused-ring (bicyclic) bond motifs is 1. The minimum atomic E-state index is -0.156. The van der Waals surface area contributed by atoms with E-state index in [0.717, 1.165) is 16.9 Å². The summed E-state index contributed by atoms with van der Waals surface area (Å²) < 4.78 is 7.54. The van der Waals surface area contributed by atoms with Crippen molar-refractivity contribution >= 4 is 16.9 Å². The van der Waals surface area contributed by atoms with Crippen molar-refractivity contribution in [2.24, 2.45) is 7.05 Å². The molecule has 0 amide bonds. The number of nitrogens with zero attached hydrogens (tertiary/aromatic N) is 4. The van der Waals surface area contributed by atoms with Gasteiger partial charge < -0.3 is 19.3 Å². The number of morpholine rings is 1. The van der Waals surface area contributed by atoms with Gasteiger partial charge in [-0.3, -0.25) is 0 Å². The highest BCUT2D eigenvalue weighted by Gasteiger charge is 2.28. The summed E-state index contributed by atoms with van der Waals surface area (Å²) in [6.45, 7) is 3.36. The number of aromatic nitrogens is 3. The second-order valence-corrected chi connectivity index (χ2v) is 5.00. The van der Waals surface area contributed by atoms with Gasteiger partial charge in [-0.25, -0.2) is 9.97 Å². The molecule has 6 nitrogen and oxygen atoms in total. The smallest absolute Gasteiger partial charge is 0.157 e. The quantitative estimate of drug-likeness (QED) is 0.856. The van der Waals surface area contributed by atoms with Crippen LogP contribution in [0.3, 0.4) is 0 Å². The monoisotopic (exact) mass is 262 g/mol. The Morgan fingerprint density at radius 2 is 2.32 bits per heavy atom. The molecular formula is C13H18N4O2. The molecule has 0 aromatic carbocycles. The van der Waals surface area contributed by atoms with E-state index in [4.69, 9.17) is 4.74 Å². The van der Waals surface area contributed by atoms with Crippen molar-refractivity contribution in [1.29, 1.82) is 0 Å². The van der Waals surface area contributed by atoms with Gasteiger partial charge in [0.1, 0.15) is 5.52 Å². The van der Waals surface area contributed by atoms with Crippen molar-refractivity contribution < 1.29 is 9.84 Å². The summed E-state index contributed by atoms with van der Waals surface area (Å²) in [7, 11) is 1.97. The standard InChI is InChI=1S/C13H18N4O2/c1-9-7-19-10(6-18)5-17(9)13-12-11(3-4-14-13)16(2)8-15-12/h3-4,8-10,18H,5-7H2,1-2H3. The Balaban J connectivity index is 2.02. The zero-order valence-electron chi connectivity index (χ0n) is 11.2. The SMILES string of the molecule is CC1COC(CO)CN1c1nccc2c1ncn2C. The zero-order chi connectivity index (χ0) is 13.4. The highest BCUT2D eigenvalue weighted by Crippen LogP contribution is 2.26. The number of hydrogen-bond acceptors (Lipinski definition) is 5. The first-order valence-corrected chi connectivity index (χ1v) is 6.46. The van der Waals surface area contributed by atoms with Crippen LogP contribution < -0.4 is 4.90 Å². The normalized spacial score (nSPS) is 24.1. The molecule has 1 saturated heterocycles. The van der Waals surface area contributed by atoms with E-state index in [0.29, 0.717) is 13.2 Å². The number of pyridine rings is 1. The van der Waals surface area contributed by atoms with Crippen LogP contribution in [-0.2, 0) is 11.8 Å². The lowest BCUT2D eigenvalue weighted by molar-refractivity contribution is -0.0104. The minimum absolute atomic E-state index is 0.0292. The van der Waals surface area contributed by atoms with Crippen LogP contribution in [0.4, 0.5) is 5.82 Å². The Morgan fingerprint density at radius 1 is 1.47 bits per heavy atom. The molecule has 2 aromatic heterocycles. The summed E-state index contributed by atoms with van der Waals surface area (Å²) in [5, 5.41) is 9.27. The molecule has 1 N–H and O–H groups in total. The van der Waals surface area contributed by atoms with Crippen LogP contribution in [0.1, 0.15) is 6.92 Å². The molecule has 102 valence electrons. The molecule has 3 rings (SSSR count). The van der Waals surface area contributed by atoms with E-state index < -0.39 is 0 Å². The van der Waals surface area contributed by atoms with Crippen LogP contribution in [0.15, 0.2) is 18.6 Å². The van der Waals surface area contributed by atoms with Crippen LogP contribution in [0.2, 0.25) is 0 Å². The third-order valence-corrected chi connectivity index (χ3v) is 3.60. The summed E-state index contributed by atoms with van der Waals surface area (Å²) >= 11 is 0. The van der Waals surface area contributed by atoms with E-state index in [2.05, 4.69) is 21.8 Å². The molecule has 0 aliphatic carbocycles. The molecule has 3 heterocycles. The van der Waals surface area contributed by atoms with Crippen LogP contribution in [0.25, 0.3) is 11.0 Å². The van der Waals surface area contributed by atoms with Crippen molar-refractivity contribution in [3.63, 3.8) is 0 Å². The van der Waals surface area contributed by atoms with Gasteiger partial charge in [0.25, 0.3) is 0 Å². The van der Waals surface area contributed by atoms with Gasteiger partial charge >= 0.3 is 0 Å². The van der Waals surface area contributed by atoms with Crippen LogP contribution in [0.5, 0.6) is 0 Å². The molecule has 1 aliphatic rings. The zero-order valence-corrected chi connectivity index (χ0v) is 11.2. The average Bonchev–Trinajstić information content (AvgIpc) is 2.81. The molecule has 2 atom stereocenters. The Labute approximate surface area is 111 Å². The number of rotatable bonds is 2. The summed E-state index contributed by atoms with van der Waals surface area (Å²) in [6.07, 6.45) is 3.44. The summed E-state index contributed by atoms with van der Waals surface area (Å²) in [4.78, 5) is 11.1. The minimum Gasteiger partial charge on any atom is -0.394 e. The summed E-state index contributed by atoms with van der Waals surface area (Å²) in [5.74, 6) is 0.868. The van der Waals surface area contributed by atoms with E-state index in [1.54, 1.807) is 12.5 Å². The van der Waals surface area contributed by atoms with Gasteiger partial charge in [0.15, 0.2) is 5.82 Å². The molecule has 1 fully saturated rings. The van der Waals surface area contributed by atoms with Gasteiger partial charge in [-0.1, -0.05) is 0 Å². The second-order valence-electron chi connectivity index (χ2n) is 5.00. The first kappa shape index (κ1) is 12.4. The topological polar surface area (TPSA) is 63.4 Å². The van der Waals surface area contributed by atoms with Crippen molar-refractivity contribution in [3.05, 3.63) is 18.6 Å². The number of aryl methyl sites for hydroxylation is 1.